The summed E-state index contributed by atoms with van der Waals surface area (Å²) in [6.07, 6.45) is 0.0274. The highest BCUT2D eigenvalue weighted by molar-refractivity contribution is 6.01. The minimum Gasteiger partial charge on any atom is -0.457 e. The Kier molecular flexibility index (Phi) is 5.26. The standard InChI is InChI=1S/C13H20O4/c1-8(12(16)17-13(4,5)6)7-11(9(2)14)10(3)15/h11H,1,7H2,2-6H3. The molecule has 0 radical (unpaired) electrons. The molecule has 0 aliphatic carbocycles. The van der Waals surface area contributed by atoms with E-state index in [1.54, 1.807) is 20.8 Å². The molecule has 0 aromatic rings. The Hall–Kier alpha value is -1.45. The van der Waals surface area contributed by atoms with E-state index < -0.39 is 17.5 Å². The SMILES string of the molecule is C=C(CC(C(C)=O)C(C)=O)C(=O)OC(C)(C)C. The number of ether oxygens (including phenoxy) is 1. The van der Waals surface area contributed by atoms with E-state index in [1.807, 2.05) is 0 Å². The van der Waals surface area contributed by atoms with Crippen molar-refractivity contribution in [2.75, 3.05) is 0 Å². The average molecular weight is 240 g/mol. The van der Waals surface area contributed by atoms with Gasteiger partial charge in [-0.3, -0.25) is 9.59 Å². The number of esters is 1. The van der Waals surface area contributed by atoms with Crippen molar-refractivity contribution < 1.29 is 19.1 Å². The van der Waals surface area contributed by atoms with Crippen LogP contribution < -0.4 is 0 Å². The van der Waals surface area contributed by atoms with Gasteiger partial charge in [0.1, 0.15) is 17.2 Å². The van der Waals surface area contributed by atoms with Crippen LogP contribution in [0.15, 0.2) is 12.2 Å². The molecule has 0 aromatic heterocycles. The molecule has 0 heterocycles. The molecule has 4 heteroatoms. The Morgan fingerprint density at radius 1 is 1.12 bits per heavy atom. The summed E-state index contributed by atoms with van der Waals surface area (Å²) in [5, 5.41) is 0. The van der Waals surface area contributed by atoms with Gasteiger partial charge < -0.3 is 4.74 Å². The summed E-state index contributed by atoms with van der Waals surface area (Å²) < 4.78 is 5.10. The summed E-state index contributed by atoms with van der Waals surface area (Å²) in [5.41, 5.74) is -0.461. The third kappa shape index (κ3) is 6.00. The van der Waals surface area contributed by atoms with Crippen LogP contribution in [0, 0.1) is 5.92 Å². The molecule has 0 spiro atoms. The van der Waals surface area contributed by atoms with E-state index in [0.29, 0.717) is 0 Å². The van der Waals surface area contributed by atoms with Crippen LogP contribution in [-0.4, -0.2) is 23.1 Å². The molecule has 0 saturated heterocycles. The van der Waals surface area contributed by atoms with Crippen molar-refractivity contribution in [2.24, 2.45) is 5.92 Å². The van der Waals surface area contributed by atoms with Crippen LogP contribution in [0.4, 0.5) is 0 Å². The Balaban J connectivity index is 4.58. The van der Waals surface area contributed by atoms with Crippen LogP contribution in [-0.2, 0) is 19.1 Å². The third-order valence-electron chi connectivity index (χ3n) is 2.12. The molecule has 0 aliphatic rings. The van der Waals surface area contributed by atoms with Gasteiger partial charge in [-0.2, -0.15) is 0 Å². The van der Waals surface area contributed by atoms with Gasteiger partial charge in [0.2, 0.25) is 0 Å². The van der Waals surface area contributed by atoms with E-state index in [2.05, 4.69) is 6.58 Å². The second-order valence-electron chi connectivity index (χ2n) is 5.08. The molecular formula is C13H20O4. The van der Waals surface area contributed by atoms with Crippen molar-refractivity contribution in [3.05, 3.63) is 12.2 Å². The number of ketones is 2. The minimum atomic E-state index is -0.796. The molecule has 4 nitrogen and oxygen atoms in total. The maximum Gasteiger partial charge on any atom is 0.333 e. The Bertz CT molecular complexity index is 333. The van der Waals surface area contributed by atoms with Crippen molar-refractivity contribution in [1.29, 1.82) is 0 Å². The summed E-state index contributed by atoms with van der Waals surface area (Å²) in [5.74, 6) is -1.88. The Morgan fingerprint density at radius 3 is 1.82 bits per heavy atom. The number of hydrogen-bond donors (Lipinski definition) is 0. The second-order valence-corrected chi connectivity index (χ2v) is 5.08. The molecule has 96 valence electrons. The summed E-state index contributed by atoms with van der Waals surface area (Å²) in [6.45, 7) is 11.4. The van der Waals surface area contributed by atoms with Crippen LogP contribution in [0.3, 0.4) is 0 Å². The highest BCUT2D eigenvalue weighted by atomic mass is 16.6. The lowest BCUT2D eigenvalue weighted by Gasteiger charge is -2.21. The maximum atomic E-state index is 11.6. The van der Waals surface area contributed by atoms with Crippen LogP contribution in [0.1, 0.15) is 41.0 Å². The van der Waals surface area contributed by atoms with Crippen molar-refractivity contribution in [2.45, 2.75) is 46.6 Å². The lowest BCUT2D eigenvalue weighted by molar-refractivity contribution is -0.150. The first-order valence-corrected chi connectivity index (χ1v) is 5.46. The zero-order chi connectivity index (χ0) is 13.8. The van der Waals surface area contributed by atoms with Crippen molar-refractivity contribution in [3.63, 3.8) is 0 Å². The maximum absolute atomic E-state index is 11.6. The molecule has 0 atom stereocenters. The average Bonchev–Trinajstić information content (AvgIpc) is 2.09. The van der Waals surface area contributed by atoms with Crippen LogP contribution in [0.25, 0.3) is 0 Å². The normalized spacial score (nSPS) is 11.2. The highest BCUT2D eigenvalue weighted by Crippen LogP contribution is 2.17. The first-order chi connectivity index (χ1) is 7.54. The summed E-state index contributed by atoms with van der Waals surface area (Å²) in [7, 11) is 0. The second kappa shape index (κ2) is 5.75. The monoisotopic (exact) mass is 240 g/mol. The number of carbonyl (C=O) groups is 3. The summed E-state index contributed by atoms with van der Waals surface area (Å²) in [4.78, 5) is 34.0. The van der Waals surface area contributed by atoms with E-state index in [-0.39, 0.29) is 23.6 Å². The third-order valence-corrected chi connectivity index (χ3v) is 2.12. The smallest absolute Gasteiger partial charge is 0.333 e. The fraction of sp³-hybridized carbons (Fsp3) is 0.615. The first-order valence-electron chi connectivity index (χ1n) is 5.46. The first kappa shape index (κ1) is 15.6. The van der Waals surface area contributed by atoms with Crippen molar-refractivity contribution in [1.82, 2.24) is 0 Å². The van der Waals surface area contributed by atoms with Gasteiger partial charge in [-0.15, -0.1) is 0 Å². The van der Waals surface area contributed by atoms with E-state index in [9.17, 15) is 14.4 Å². The lowest BCUT2D eigenvalue weighted by Crippen LogP contribution is -2.27. The summed E-state index contributed by atoms with van der Waals surface area (Å²) >= 11 is 0. The molecule has 0 aliphatic heterocycles. The van der Waals surface area contributed by atoms with Gasteiger partial charge in [0, 0.05) is 5.57 Å². The van der Waals surface area contributed by atoms with Gasteiger partial charge in [-0.25, -0.2) is 4.79 Å². The van der Waals surface area contributed by atoms with Gasteiger partial charge in [0.15, 0.2) is 0 Å². The Morgan fingerprint density at radius 2 is 1.53 bits per heavy atom. The molecule has 17 heavy (non-hydrogen) atoms. The molecule has 0 aromatic carbocycles. The number of rotatable bonds is 5. The fourth-order valence-electron chi connectivity index (χ4n) is 1.25. The van der Waals surface area contributed by atoms with Crippen LogP contribution in [0.5, 0.6) is 0 Å². The number of carbonyl (C=O) groups excluding carboxylic acids is 3. The zero-order valence-electron chi connectivity index (χ0n) is 11.1. The quantitative estimate of drug-likeness (QED) is 0.419. The Labute approximate surface area is 102 Å². The number of Topliss-reactive ketones (excluding diaryl/α,β-unsaturated/α-hetero) is 2. The molecule has 0 fully saturated rings. The van der Waals surface area contributed by atoms with E-state index in [4.69, 9.17) is 4.74 Å². The number of hydrogen-bond acceptors (Lipinski definition) is 4. The van der Waals surface area contributed by atoms with Gasteiger partial charge in [0.25, 0.3) is 0 Å². The topological polar surface area (TPSA) is 60.4 Å². The lowest BCUT2D eigenvalue weighted by atomic mass is 9.93. The summed E-state index contributed by atoms with van der Waals surface area (Å²) in [6, 6.07) is 0. The minimum absolute atomic E-state index is 0.0274. The molecule has 0 amide bonds. The molecule has 0 unspecified atom stereocenters. The van der Waals surface area contributed by atoms with E-state index in [1.165, 1.54) is 13.8 Å². The van der Waals surface area contributed by atoms with Gasteiger partial charge >= 0.3 is 5.97 Å². The highest BCUT2D eigenvalue weighted by Gasteiger charge is 2.25. The van der Waals surface area contributed by atoms with E-state index >= 15 is 0 Å². The zero-order valence-corrected chi connectivity index (χ0v) is 11.1. The van der Waals surface area contributed by atoms with Gasteiger partial charge in [0.05, 0.1) is 5.92 Å². The van der Waals surface area contributed by atoms with Crippen molar-refractivity contribution >= 4 is 17.5 Å². The van der Waals surface area contributed by atoms with Crippen LogP contribution >= 0.6 is 0 Å². The fourth-order valence-corrected chi connectivity index (χ4v) is 1.25. The van der Waals surface area contributed by atoms with Crippen molar-refractivity contribution in [3.8, 4) is 0 Å². The molecule has 0 bridgehead atoms. The predicted molar refractivity (Wildman–Crippen MR) is 64.5 cm³/mol. The molecule has 0 N–H and O–H groups in total. The van der Waals surface area contributed by atoms with Gasteiger partial charge in [-0.05, 0) is 41.0 Å². The largest absolute Gasteiger partial charge is 0.457 e. The molecular weight excluding hydrogens is 220 g/mol. The predicted octanol–water partition coefficient (Wildman–Crippen LogP) is 2.07. The molecule has 0 saturated carbocycles. The van der Waals surface area contributed by atoms with Crippen LogP contribution in [0.2, 0.25) is 0 Å². The van der Waals surface area contributed by atoms with Gasteiger partial charge in [-0.1, -0.05) is 6.58 Å². The molecule has 0 rings (SSSR count). The van der Waals surface area contributed by atoms with E-state index in [0.717, 1.165) is 0 Å².